The fraction of sp³-hybridized carbons (Fsp3) is 0.263. The van der Waals surface area contributed by atoms with Crippen LogP contribution in [-0.2, 0) is 19.1 Å². The first kappa shape index (κ1) is 22.0. The Labute approximate surface area is 184 Å². The van der Waals surface area contributed by atoms with Crippen molar-refractivity contribution in [1.82, 2.24) is 39.9 Å². The van der Waals surface area contributed by atoms with Crippen LogP contribution in [0.15, 0.2) is 36.8 Å². The molecule has 0 aromatic carbocycles. The van der Waals surface area contributed by atoms with Gasteiger partial charge in [0.25, 0.3) is 0 Å². The number of amides is 2. The summed E-state index contributed by atoms with van der Waals surface area (Å²) < 4.78 is 41.0. The van der Waals surface area contributed by atoms with Gasteiger partial charge in [-0.05, 0) is 23.4 Å². The molecule has 4 heterocycles. The maximum Gasteiger partial charge on any atom is 0.419 e. The number of alkyl halides is 3. The van der Waals surface area contributed by atoms with Crippen LogP contribution in [0, 0.1) is 0 Å². The van der Waals surface area contributed by atoms with Gasteiger partial charge in [0, 0.05) is 36.5 Å². The van der Waals surface area contributed by atoms with E-state index in [1.807, 2.05) is 6.92 Å². The summed E-state index contributed by atoms with van der Waals surface area (Å²) in [7, 11) is 0. The van der Waals surface area contributed by atoms with Crippen LogP contribution in [-0.4, -0.2) is 47.2 Å². The number of aromatic nitrogens is 7. The number of pyridine rings is 2. The number of imidazole rings is 1. The molecule has 4 N–H and O–H groups in total. The first-order valence-electron chi connectivity index (χ1n) is 9.86. The van der Waals surface area contributed by atoms with E-state index in [1.165, 1.54) is 11.0 Å². The number of anilines is 2. The number of urea groups is 1. The number of aryl methyl sites for hydroxylation is 1. The Morgan fingerprint density at radius 3 is 2.76 bits per heavy atom. The summed E-state index contributed by atoms with van der Waals surface area (Å²) in [5.41, 5.74) is 5.57. The Morgan fingerprint density at radius 1 is 1.21 bits per heavy atom. The molecule has 172 valence electrons. The lowest BCUT2D eigenvalue weighted by molar-refractivity contribution is -0.137. The minimum atomic E-state index is -4.61. The number of carbonyl (C=O) groups excluding carboxylic acids is 1. The summed E-state index contributed by atoms with van der Waals surface area (Å²) in [6, 6.07) is 3.69. The van der Waals surface area contributed by atoms with Crippen LogP contribution < -0.4 is 16.4 Å². The van der Waals surface area contributed by atoms with E-state index in [0.29, 0.717) is 30.0 Å². The summed E-state index contributed by atoms with van der Waals surface area (Å²) in [5.74, 6) is 0.300. The van der Waals surface area contributed by atoms with Gasteiger partial charge in [-0.15, -0.1) is 10.2 Å². The molecular formula is C19H19F3N10O. The van der Waals surface area contributed by atoms with Crippen LogP contribution >= 0.6 is 0 Å². The molecule has 0 radical (unpaired) electrons. The number of fused-ring (bicyclic) bond motifs is 1. The van der Waals surface area contributed by atoms with E-state index in [9.17, 15) is 18.0 Å². The average Bonchev–Trinajstić information content (AvgIpc) is 3.38. The van der Waals surface area contributed by atoms with Crippen LogP contribution in [0.4, 0.5) is 29.6 Å². The molecule has 0 spiro atoms. The number of hydrogen-bond donors (Lipinski definition) is 3. The van der Waals surface area contributed by atoms with Gasteiger partial charge >= 0.3 is 12.2 Å². The lowest BCUT2D eigenvalue weighted by Gasteiger charge is -2.11. The lowest BCUT2D eigenvalue weighted by Crippen LogP contribution is -2.32. The van der Waals surface area contributed by atoms with Gasteiger partial charge in [-0.2, -0.15) is 18.0 Å². The molecule has 14 heteroatoms. The third-order valence-corrected chi connectivity index (χ3v) is 4.66. The van der Waals surface area contributed by atoms with Crippen molar-refractivity contribution in [2.75, 3.05) is 17.6 Å². The van der Waals surface area contributed by atoms with E-state index in [1.54, 1.807) is 28.9 Å². The number of carbonyl (C=O) groups is 1. The summed E-state index contributed by atoms with van der Waals surface area (Å²) in [6.07, 6.45) is 0.449. The number of nitrogens with two attached hydrogens (primary N) is 1. The summed E-state index contributed by atoms with van der Waals surface area (Å²) >= 11 is 0. The van der Waals surface area contributed by atoms with E-state index in [2.05, 4.69) is 36.0 Å². The number of nitrogen functional groups attached to an aromatic ring is 1. The Hall–Kier alpha value is -4.23. The van der Waals surface area contributed by atoms with Crippen molar-refractivity contribution < 1.29 is 18.0 Å². The standard InChI is InChI=1S/C19H19F3N10O/c1-2-14-28-30-32(29-14)6-5-24-18(33)27-15-10-31-9-11(3-4-16(31)26-15)12-7-13(19(20,21)22)17(23)25-8-12/h3-4,7-10H,2,5-6H2,1H3,(H2,23,25)(H2,24,27,33). The molecule has 0 aliphatic rings. The van der Waals surface area contributed by atoms with Crippen LogP contribution in [0.5, 0.6) is 0 Å². The molecule has 0 saturated carbocycles. The minimum Gasteiger partial charge on any atom is -0.383 e. The Kier molecular flexibility index (Phi) is 5.81. The van der Waals surface area contributed by atoms with Crippen molar-refractivity contribution >= 4 is 23.3 Å². The largest absolute Gasteiger partial charge is 0.419 e. The molecule has 0 aliphatic carbocycles. The zero-order chi connectivity index (χ0) is 23.6. The molecule has 11 nitrogen and oxygen atoms in total. The molecule has 0 bridgehead atoms. The second-order valence-corrected chi connectivity index (χ2v) is 7.00. The molecule has 0 unspecified atom stereocenters. The fourth-order valence-corrected chi connectivity index (χ4v) is 3.03. The van der Waals surface area contributed by atoms with Crippen LogP contribution in [0.3, 0.4) is 0 Å². The normalized spacial score (nSPS) is 11.6. The zero-order valence-electron chi connectivity index (χ0n) is 17.3. The van der Waals surface area contributed by atoms with E-state index in [0.717, 1.165) is 6.07 Å². The highest BCUT2D eigenvalue weighted by Gasteiger charge is 2.34. The Bertz CT molecular complexity index is 1300. The highest BCUT2D eigenvalue weighted by molar-refractivity contribution is 5.88. The molecule has 0 atom stereocenters. The van der Waals surface area contributed by atoms with Crippen LogP contribution in [0.25, 0.3) is 16.8 Å². The summed E-state index contributed by atoms with van der Waals surface area (Å²) in [5, 5.41) is 17.1. The molecule has 4 aromatic rings. The maximum atomic E-state index is 13.1. The topological polar surface area (TPSA) is 141 Å². The SMILES string of the molecule is CCc1nnn(CCNC(=O)Nc2cn3cc(-c4cnc(N)c(C(F)(F)F)c4)ccc3n2)n1. The van der Waals surface area contributed by atoms with Crippen molar-refractivity contribution in [3.05, 3.63) is 48.2 Å². The number of nitrogens with one attached hydrogen (secondary N) is 2. The van der Waals surface area contributed by atoms with Gasteiger partial charge in [0.1, 0.15) is 11.5 Å². The van der Waals surface area contributed by atoms with Gasteiger partial charge in [0.05, 0.1) is 18.3 Å². The van der Waals surface area contributed by atoms with Crippen LogP contribution in [0.2, 0.25) is 0 Å². The monoisotopic (exact) mass is 460 g/mol. The molecule has 0 fully saturated rings. The number of rotatable bonds is 6. The molecule has 4 rings (SSSR count). The first-order chi connectivity index (χ1) is 15.7. The summed E-state index contributed by atoms with van der Waals surface area (Å²) in [6.45, 7) is 2.54. The van der Waals surface area contributed by atoms with Crippen molar-refractivity contribution in [3.8, 4) is 11.1 Å². The van der Waals surface area contributed by atoms with Gasteiger partial charge in [0.15, 0.2) is 11.6 Å². The second-order valence-electron chi connectivity index (χ2n) is 7.00. The summed E-state index contributed by atoms with van der Waals surface area (Å²) in [4.78, 5) is 21.5. The Balaban J connectivity index is 1.43. The van der Waals surface area contributed by atoms with Gasteiger partial charge in [-0.25, -0.2) is 14.8 Å². The number of nitrogens with zero attached hydrogens (tertiary/aromatic N) is 7. The van der Waals surface area contributed by atoms with Crippen molar-refractivity contribution in [3.63, 3.8) is 0 Å². The van der Waals surface area contributed by atoms with Gasteiger partial charge in [-0.1, -0.05) is 6.92 Å². The maximum absolute atomic E-state index is 13.1. The first-order valence-corrected chi connectivity index (χ1v) is 9.86. The van der Waals surface area contributed by atoms with Gasteiger partial charge < -0.3 is 15.5 Å². The molecule has 2 amide bonds. The molecule has 4 aromatic heterocycles. The smallest absolute Gasteiger partial charge is 0.383 e. The minimum absolute atomic E-state index is 0.243. The van der Waals surface area contributed by atoms with Crippen molar-refractivity contribution in [1.29, 1.82) is 0 Å². The van der Waals surface area contributed by atoms with E-state index < -0.39 is 23.6 Å². The van der Waals surface area contributed by atoms with E-state index >= 15 is 0 Å². The third kappa shape index (κ3) is 4.99. The highest BCUT2D eigenvalue weighted by Crippen LogP contribution is 2.35. The van der Waals surface area contributed by atoms with Crippen molar-refractivity contribution in [2.45, 2.75) is 26.1 Å². The predicted molar refractivity (Wildman–Crippen MR) is 112 cm³/mol. The zero-order valence-corrected chi connectivity index (χ0v) is 17.3. The van der Waals surface area contributed by atoms with E-state index in [4.69, 9.17) is 5.73 Å². The van der Waals surface area contributed by atoms with Gasteiger partial charge in [-0.3, -0.25) is 5.32 Å². The van der Waals surface area contributed by atoms with Crippen molar-refractivity contribution in [2.24, 2.45) is 0 Å². The molecule has 33 heavy (non-hydrogen) atoms. The highest BCUT2D eigenvalue weighted by atomic mass is 19.4. The fourth-order valence-electron chi connectivity index (χ4n) is 3.03. The molecule has 0 saturated heterocycles. The molecular weight excluding hydrogens is 441 g/mol. The number of halogens is 3. The van der Waals surface area contributed by atoms with Gasteiger partial charge in [0.2, 0.25) is 0 Å². The Morgan fingerprint density at radius 2 is 2.03 bits per heavy atom. The van der Waals surface area contributed by atoms with Crippen LogP contribution in [0.1, 0.15) is 18.3 Å². The number of tetrazole rings is 1. The third-order valence-electron chi connectivity index (χ3n) is 4.66. The second kappa shape index (κ2) is 8.72. The lowest BCUT2D eigenvalue weighted by atomic mass is 10.1. The average molecular weight is 460 g/mol. The number of hydrogen-bond acceptors (Lipinski definition) is 7. The quantitative estimate of drug-likeness (QED) is 0.401. The molecule has 0 aliphatic heterocycles. The van der Waals surface area contributed by atoms with E-state index in [-0.39, 0.29) is 17.9 Å². The predicted octanol–water partition coefficient (Wildman–Crippen LogP) is 2.37.